The van der Waals surface area contributed by atoms with Crippen molar-refractivity contribution in [3.8, 4) is 0 Å². The summed E-state index contributed by atoms with van der Waals surface area (Å²) in [6, 6.07) is 11.9. The number of aliphatic imine (C=N–C) groups is 1. The van der Waals surface area contributed by atoms with Crippen molar-refractivity contribution in [1.29, 1.82) is 0 Å². The van der Waals surface area contributed by atoms with Gasteiger partial charge < -0.3 is 20.6 Å². The van der Waals surface area contributed by atoms with Crippen molar-refractivity contribution in [2.24, 2.45) is 16.8 Å². The standard InChI is InChI=1S/C32H44F3N5O/c33-32(34,35)28-3-1-2-26(18-28)20-37-31-19-27(6-9-30(31)38-29-7-4-25(23-41)5-8-29)22-40-16-14-39(15-17-40)21-24-10-12-36-13-11-24/h1-3,6,9,18-20,24-25,29,36,38,41H,4-5,7-8,10-17,21-23H2. The number of piperidine rings is 1. The molecule has 0 atom stereocenters. The zero-order valence-corrected chi connectivity index (χ0v) is 23.9. The molecule has 9 heteroatoms. The number of nitrogens with zero attached hydrogens (tertiary/aromatic N) is 3. The summed E-state index contributed by atoms with van der Waals surface area (Å²) >= 11 is 0. The third-order valence-electron chi connectivity index (χ3n) is 8.94. The molecule has 0 radical (unpaired) electrons. The van der Waals surface area contributed by atoms with Gasteiger partial charge in [0.1, 0.15) is 0 Å². The predicted molar refractivity (Wildman–Crippen MR) is 159 cm³/mol. The van der Waals surface area contributed by atoms with E-state index in [1.807, 2.05) is 0 Å². The third-order valence-corrected chi connectivity index (χ3v) is 8.94. The van der Waals surface area contributed by atoms with Crippen LogP contribution in [0, 0.1) is 11.8 Å². The summed E-state index contributed by atoms with van der Waals surface area (Å²) in [5.41, 5.74) is 2.55. The minimum absolute atomic E-state index is 0.236. The average molecular weight is 572 g/mol. The number of alkyl halides is 3. The van der Waals surface area contributed by atoms with E-state index in [9.17, 15) is 18.3 Å². The number of aliphatic hydroxyl groups is 1. The normalized spacial score (nSPS) is 23.7. The zero-order chi connectivity index (χ0) is 28.7. The fourth-order valence-electron chi connectivity index (χ4n) is 6.37. The van der Waals surface area contributed by atoms with Crippen molar-refractivity contribution in [2.45, 2.75) is 57.3 Å². The molecule has 2 heterocycles. The minimum Gasteiger partial charge on any atom is -0.396 e. The van der Waals surface area contributed by atoms with Gasteiger partial charge in [0, 0.05) is 58.1 Å². The van der Waals surface area contributed by atoms with Gasteiger partial charge in [-0.2, -0.15) is 13.2 Å². The van der Waals surface area contributed by atoms with E-state index in [4.69, 9.17) is 4.99 Å². The quantitative estimate of drug-likeness (QED) is 0.345. The first-order chi connectivity index (χ1) is 19.9. The van der Waals surface area contributed by atoms with Crippen molar-refractivity contribution in [3.05, 3.63) is 59.2 Å². The fraction of sp³-hybridized carbons (Fsp3) is 0.594. The van der Waals surface area contributed by atoms with Gasteiger partial charge in [0.25, 0.3) is 0 Å². The van der Waals surface area contributed by atoms with E-state index in [0.717, 1.165) is 106 Å². The van der Waals surface area contributed by atoms with Gasteiger partial charge in [-0.15, -0.1) is 0 Å². The molecule has 0 amide bonds. The number of benzene rings is 2. The SMILES string of the molecule is OCC1CCC(Nc2ccc(CN3CCN(CC4CCNCC4)CC3)cc2N=Cc2cccc(C(F)(F)F)c2)CC1. The number of nitrogens with one attached hydrogen (secondary N) is 2. The Bertz CT molecular complexity index is 1130. The second kappa shape index (κ2) is 14.1. The number of hydrogen-bond donors (Lipinski definition) is 3. The molecular formula is C32H44F3N5O. The minimum atomic E-state index is -4.39. The Morgan fingerprint density at radius 1 is 0.902 bits per heavy atom. The van der Waals surface area contributed by atoms with E-state index in [2.05, 4.69) is 38.6 Å². The molecule has 2 saturated heterocycles. The van der Waals surface area contributed by atoms with Crippen LogP contribution in [0.15, 0.2) is 47.5 Å². The van der Waals surface area contributed by atoms with Gasteiger partial charge in [0.15, 0.2) is 0 Å². The molecule has 5 rings (SSSR count). The molecule has 3 N–H and O–H groups in total. The molecule has 0 unspecified atom stereocenters. The first-order valence-electron chi connectivity index (χ1n) is 15.2. The van der Waals surface area contributed by atoms with Gasteiger partial charge in [-0.05, 0) is 98.8 Å². The molecule has 0 bridgehead atoms. The molecule has 41 heavy (non-hydrogen) atoms. The third kappa shape index (κ3) is 8.77. The van der Waals surface area contributed by atoms with Crippen LogP contribution in [-0.2, 0) is 12.7 Å². The Hall–Kier alpha value is -2.46. The summed E-state index contributed by atoms with van der Waals surface area (Å²) in [5, 5.41) is 16.6. The summed E-state index contributed by atoms with van der Waals surface area (Å²) in [6.45, 7) is 8.76. The van der Waals surface area contributed by atoms with Crippen LogP contribution in [0.4, 0.5) is 24.5 Å². The summed E-state index contributed by atoms with van der Waals surface area (Å²) in [6.07, 6.45) is 3.61. The predicted octanol–water partition coefficient (Wildman–Crippen LogP) is 5.54. The van der Waals surface area contributed by atoms with Gasteiger partial charge in [-0.1, -0.05) is 18.2 Å². The van der Waals surface area contributed by atoms with Crippen molar-refractivity contribution in [3.63, 3.8) is 0 Å². The molecule has 0 spiro atoms. The van der Waals surface area contributed by atoms with E-state index in [1.54, 1.807) is 6.07 Å². The molecule has 2 aliphatic heterocycles. The Morgan fingerprint density at radius 2 is 1.63 bits per heavy atom. The van der Waals surface area contributed by atoms with E-state index in [1.165, 1.54) is 31.7 Å². The highest BCUT2D eigenvalue weighted by Gasteiger charge is 2.30. The molecule has 1 aliphatic carbocycles. The number of rotatable bonds is 9. The first-order valence-corrected chi connectivity index (χ1v) is 15.2. The number of hydrogen-bond acceptors (Lipinski definition) is 6. The van der Waals surface area contributed by atoms with Crippen LogP contribution in [-0.4, -0.2) is 79.6 Å². The Kier molecular flexibility index (Phi) is 10.3. The first kappa shape index (κ1) is 30.0. The van der Waals surface area contributed by atoms with E-state index in [0.29, 0.717) is 17.5 Å². The molecule has 2 aromatic rings. The number of piperazine rings is 1. The lowest BCUT2D eigenvalue weighted by Gasteiger charge is -2.37. The fourth-order valence-corrected chi connectivity index (χ4v) is 6.37. The van der Waals surface area contributed by atoms with E-state index in [-0.39, 0.29) is 6.61 Å². The Labute approximate surface area is 242 Å². The topological polar surface area (TPSA) is 63.1 Å². The lowest BCUT2D eigenvalue weighted by molar-refractivity contribution is -0.137. The van der Waals surface area contributed by atoms with Gasteiger partial charge >= 0.3 is 6.18 Å². The largest absolute Gasteiger partial charge is 0.416 e. The Balaban J connectivity index is 1.26. The summed E-state index contributed by atoms with van der Waals surface area (Å²) < 4.78 is 39.7. The molecule has 1 saturated carbocycles. The average Bonchev–Trinajstić information content (AvgIpc) is 2.99. The number of aliphatic hydroxyl groups excluding tert-OH is 1. The molecule has 2 aromatic carbocycles. The monoisotopic (exact) mass is 571 g/mol. The van der Waals surface area contributed by atoms with Crippen LogP contribution in [0.3, 0.4) is 0 Å². The summed E-state index contributed by atoms with van der Waals surface area (Å²) in [5.74, 6) is 1.17. The molecular weight excluding hydrogens is 527 g/mol. The van der Waals surface area contributed by atoms with Crippen LogP contribution in [0.25, 0.3) is 0 Å². The number of halogens is 3. The van der Waals surface area contributed by atoms with Gasteiger partial charge in [-0.25, -0.2) is 0 Å². The van der Waals surface area contributed by atoms with Gasteiger partial charge in [0.05, 0.1) is 16.9 Å². The maximum Gasteiger partial charge on any atom is 0.416 e. The molecule has 3 fully saturated rings. The molecule has 224 valence electrons. The van der Waals surface area contributed by atoms with E-state index >= 15 is 0 Å². The highest BCUT2D eigenvalue weighted by molar-refractivity contribution is 5.84. The molecule has 0 aromatic heterocycles. The maximum atomic E-state index is 13.2. The maximum absolute atomic E-state index is 13.2. The van der Waals surface area contributed by atoms with Gasteiger partial charge in [-0.3, -0.25) is 9.89 Å². The highest BCUT2D eigenvalue weighted by atomic mass is 19.4. The smallest absolute Gasteiger partial charge is 0.396 e. The van der Waals surface area contributed by atoms with Crippen LogP contribution >= 0.6 is 0 Å². The zero-order valence-electron chi connectivity index (χ0n) is 23.9. The Morgan fingerprint density at radius 3 is 2.34 bits per heavy atom. The second-order valence-electron chi connectivity index (χ2n) is 12.0. The van der Waals surface area contributed by atoms with Crippen LogP contribution in [0.2, 0.25) is 0 Å². The molecule has 6 nitrogen and oxygen atoms in total. The van der Waals surface area contributed by atoms with Crippen molar-refractivity contribution < 1.29 is 18.3 Å². The van der Waals surface area contributed by atoms with Crippen molar-refractivity contribution in [1.82, 2.24) is 15.1 Å². The highest BCUT2D eigenvalue weighted by Crippen LogP contribution is 2.33. The second-order valence-corrected chi connectivity index (χ2v) is 12.0. The van der Waals surface area contributed by atoms with Crippen LogP contribution < -0.4 is 10.6 Å². The van der Waals surface area contributed by atoms with Crippen molar-refractivity contribution in [2.75, 3.05) is 57.7 Å². The number of anilines is 1. The van der Waals surface area contributed by atoms with Gasteiger partial charge in [0.2, 0.25) is 0 Å². The summed E-state index contributed by atoms with van der Waals surface area (Å²) in [4.78, 5) is 9.79. The van der Waals surface area contributed by atoms with Crippen LogP contribution in [0.1, 0.15) is 55.2 Å². The van der Waals surface area contributed by atoms with Crippen LogP contribution in [0.5, 0.6) is 0 Å². The lowest BCUT2D eigenvalue weighted by Crippen LogP contribution is -2.48. The molecule has 3 aliphatic rings. The van der Waals surface area contributed by atoms with E-state index < -0.39 is 11.7 Å². The van der Waals surface area contributed by atoms with Crippen molar-refractivity contribution >= 4 is 17.6 Å². The summed E-state index contributed by atoms with van der Waals surface area (Å²) in [7, 11) is 0. The lowest BCUT2D eigenvalue weighted by atomic mass is 9.86.